The van der Waals surface area contributed by atoms with Gasteiger partial charge >= 0.3 is 0 Å². The molecule has 0 radical (unpaired) electrons. The van der Waals surface area contributed by atoms with Gasteiger partial charge in [0.25, 0.3) is 0 Å². The number of carbonyl (C=O) groups excluding carboxylic acids is 1. The Morgan fingerprint density at radius 3 is 2.68 bits per heavy atom. The van der Waals surface area contributed by atoms with E-state index in [2.05, 4.69) is 10.2 Å². The standard InChI is InChI=1S/C17H26N2O3/c1-2-22-16-6-4-15(5-7-16)14-17(20)18-8-3-9-19-10-12-21-13-11-19/h4-7H,2-3,8-14H2,1H3,(H,18,20). The Morgan fingerprint density at radius 1 is 1.27 bits per heavy atom. The number of rotatable bonds is 8. The molecule has 1 heterocycles. The number of benzene rings is 1. The van der Waals surface area contributed by atoms with Crippen molar-refractivity contribution in [1.82, 2.24) is 10.2 Å². The third-order valence-electron chi connectivity index (χ3n) is 3.68. The van der Waals surface area contributed by atoms with E-state index >= 15 is 0 Å². The maximum Gasteiger partial charge on any atom is 0.224 e. The monoisotopic (exact) mass is 306 g/mol. The summed E-state index contributed by atoms with van der Waals surface area (Å²) in [5, 5.41) is 2.98. The van der Waals surface area contributed by atoms with Gasteiger partial charge in [0.2, 0.25) is 5.91 Å². The predicted octanol–water partition coefficient (Wildman–Crippen LogP) is 1.47. The van der Waals surface area contributed by atoms with Crippen LogP contribution in [-0.4, -0.2) is 56.8 Å². The highest BCUT2D eigenvalue weighted by Crippen LogP contribution is 2.12. The first kappa shape index (κ1) is 16.8. The van der Waals surface area contributed by atoms with Crippen molar-refractivity contribution >= 4 is 5.91 Å². The van der Waals surface area contributed by atoms with Gasteiger partial charge in [0.1, 0.15) is 5.75 Å². The molecule has 22 heavy (non-hydrogen) atoms. The first-order chi connectivity index (χ1) is 10.8. The van der Waals surface area contributed by atoms with Gasteiger partial charge in [-0.3, -0.25) is 9.69 Å². The molecule has 1 fully saturated rings. The van der Waals surface area contributed by atoms with Crippen molar-refractivity contribution in [2.75, 3.05) is 46.0 Å². The first-order valence-corrected chi connectivity index (χ1v) is 8.06. The SMILES string of the molecule is CCOc1ccc(CC(=O)NCCCN2CCOCC2)cc1. The Hall–Kier alpha value is -1.59. The summed E-state index contributed by atoms with van der Waals surface area (Å²) >= 11 is 0. The van der Waals surface area contributed by atoms with Gasteiger partial charge in [-0.25, -0.2) is 0 Å². The van der Waals surface area contributed by atoms with Gasteiger partial charge < -0.3 is 14.8 Å². The fourth-order valence-electron chi connectivity index (χ4n) is 2.47. The summed E-state index contributed by atoms with van der Waals surface area (Å²) < 4.78 is 10.7. The second-order valence-corrected chi connectivity index (χ2v) is 5.41. The Balaban J connectivity index is 1.60. The van der Waals surface area contributed by atoms with Gasteiger partial charge in [-0.1, -0.05) is 12.1 Å². The Labute approximate surface area is 132 Å². The zero-order valence-electron chi connectivity index (χ0n) is 13.3. The van der Waals surface area contributed by atoms with E-state index < -0.39 is 0 Å². The van der Waals surface area contributed by atoms with Crippen LogP contribution in [0.5, 0.6) is 5.75 Å². The summed E-state index contributed by atoms with van der Waals surface area (Å²) in [5.74, 6) is 0.920. The maximum atomic E-state index is 11.9. The Morgan fingerprint density at radius 2 is 2.00 bits per heavy atom. The summed E-state index contributed by atoms with van der Waals surface area (Å²) in [7, 11) is 0. The molecule has 0 aromatic heterocycles. The van der Waals surface area contributed by atoms with E-state index in [9.17, 15) is 4.79 Å². The average Bonchev–Trinajstić information content (AvgIpc) is 2.55. The lowest BCUT2D eigenvalue weighted by Crippen LogP contribution is -2.38. The molecule has 1 saturated heterocycles. The summed E-state index contributed by atoms with van der Waals surface area (Å²) in [5.41, 5.74) is 1.01. The maximum absolute atomic E-state index is 11.9. The highest BCUT2D eigenvalue weighted by atomic mass is 16.5. The van der Waals surface area contributed by atoms with E-state index in [0.29, 0.717) is 13.0 Å². The number of carbonyl (C=O) groups is 1. The molecule has 1 aromatic carbocycles. The third kappa shape index (κ3) is 6.03. The van der Waals surface area contributed by atoms with Crippen molar-refractivity contribution in [2.24, 2.45) is 0 Å². The quantitative estimate of drug-likeness (QED) is 0.739. The topological polar surface area (TPSA) is 50.8 Å². The lowest BCUT2D eigenvalue weighted by Gasteiger charge is -2.26. The van der Waals surface area contributed by atoms with Gasteiger partial charge in [-0.2, -0.15) is 0 Å². The summed E-state index contributed by atoms with van der Waals surface area (Å²) in [6, 6.07) is 7.70. The molecule has 1 amide bonds. The molecule has 0 bridgehead atoms. The predicted molar refractivity (Wildman–Crippen MR) is 86.2 cm³/mol. The van der Waals surface area contributed by atoms with Crippen molar-refractivity contribution < 1.29 is 14.3 Å². The molecule has 0 unspecified atom stereocenters. The summed E-state index contributed by atoms with van der Waals surface area (Å²) in [6.45, 7) is 8.01. The van der Waals surface area contributed by atoms with Crippen LogP contribution in [-0.2, 0) is 16.0 Å². The largest absolute Gasteiger partial charge is 0.494 e. The van der Waals surface area contributed by atoms with Gasteiger partial charge in [0.15, 0.2) is 0 Å². The number of hydrogen-bond donors (Lipinski definition) is 1. The van der Waals surface area contributed by atoms with Gasteiger partial charge in [-0.15, -0.1) is 0 Å². The smallest absolute Gasteiger partial charge is 0.224 e. The van der Waals surface area contributed by atoms with Crippen LogP contribution >= 0.6 is 0 Å². The molecule has 1 aliphatic rings. The van der Waals surface area contributed by atoms with Gasteiger partial charge in [-0.05, 0) is 37.6 Å². The zero-order chi connectivity index (χ0) is 15.6. The van der Waals surface area contributed by atoms with Crippen LogP contribution in [0.2, 0.25) is 0 Å². The van der Waals surface area contributed by atoms with Crippen molar-refractivity contribution in [3.63, 3.8) is 0 Å². The van der Waals surface area contributed by atoms with E-state index in [1.54, 1.807) is 0 Å². The number of morpholine rings is 1. The molecular formula is C17H26N2O3. The summed E-state index contributed by atoms with van der Waals surface area (Å²) in [4.78, 5) is 14.3. The Bertz CT molecular complexity index is 442. The summed E-state index contributed by atoms with van der Waals surface area (Å²) in [6.07, 6.45) is 1.40. The lowest BCUT2D eigenvalue weighted by atomic mass is 10.1. The van der Waals surface area contributed by atoms with Crippen molar-refractivity contribution in [3.05, 3.63) is 29.8 Å². The zero-order valence-corrected chi connectivity index (χ0v) is 13.3. The highest BCUT2D eigenvalue weighted by molar-refractivity contribution is 5.78. The van der Waals surface area contributed by atoms with E-state index in [4.69, 9.17) is 9.47 Å². The molecule has 2 rings (SSSR count). The van der Waals surface area contributed by atoms with Crippen LogP contribution in [0.1, 0.15) is 18.9 Å². The number of nitrogens with one attached hydrogen (secondary N) is 1. The molecule has 0 spiro atoms. The van der Waals surface area contributed by atoms with E-state index in [-0.39, 0.29) is 5.91 Å². The van der Waals surface area contributed by atoms with E-state index in [1.807, 2.05) is 31.2 Å². The molecule has 0 aliphatic carbocycles. The minimum atomic E-state index is 0.0751. The van der Waals surface area contributed by atoms with Gasteiger partial charge in [0, 0.05) is 19.6 Å². The number of hydrogen-bond acceptors (Lipinski definition) is 4. The van der Waals surface area contributed by atoms with Crippen LogP contribution < -0.4 is 10.1 Å². The third-order valence-corrected chi connectivity index (χ3v) is 3.68. The molecule has 0 atom stereocenters. The van der Waals surface area contributed by atoms with Crippen LogP contribution in [0.4, 0.5) is 0 Å². The van der Waals surface area contributed by atoms with Crippen molar-refractivity contribution in [2.45, 2.75) is 19.8 Å². The van der Waals surface area contributed by atoms with Crippen LogP contribution in [0.3, 0.4) is 0 Å². The first-order valence-electron chi connectivity index (χ1n) is 8.06. The number of nitrogens with zero attached hydrogens (tertiary/aromatic N) is 1. The lowest BCUT2D eigenvalue weighted by molar-refractivity contribution is -0.120. The highest BCUT2D eigenvalue weighted by Gasteiger charge is 2.09. The van der Waals surface area contributed by atoms with Crippen molar-refractivity contribution in [3.8, 4) is 5.75 Å². The van der Waals surface area contributed by atoms with Crippen LogP contribution in [0.15, 0.2) is 24.3 Å². The fourth-order valence-corrected chi connectivity index (χ4v) is 2.47. The normalized spacial score (nSPS) is 15.5. The minimum Gasteiger partial charge on any atom is -0.494 e. The molecule has 0 saturated carbocycles. The second-order valence-electron chi connectivity index (χ2n) is 5.41. The molecule has 5 nitrogen and oxygen atoms in total. The van der Waals surface area contributed by atoms with E-state index in [0.717, 1.165) is 57.1 Å². The Kier molecular flexibility index (Phi) is 7.19. The average molecular weight is 306 g/mol. The van der Waals surface area contributed by atoms with Crippen LogP contribution in [0, 0.1) is 0 Å². The molecular weight excluding hydrogens is 280 g/mol. The molecule has 1 aromatic rings. The van der Waals surface area contributed by atoms with Gasteiger partial charge in [0.05, 0.1) is 26.2 Å². The van der Waals surface area contributed by atoms with Crippen molar-refractivity contribution in [1.29, 1.82) is 0 Å². The van der Waals surface area contributed by atoms with E-state index in [1.165, 1.54) is 0 Å². The second kappa shape index (κ2) is 9.43. The molecule has 1 aliphatic heterocycles. The number of ether oxygens (including phenoxy) is 2. The minimum absolute atomic E-state index is 0.0751. The fraction of sp³-hybridized carbons (Fsp3) is 0.588. The van der Waals surface area contributed by atoms with Crippen LogP contribution in [0.25, 0.3) is 0 Å². The molecule has 5 heteroatoms. The molecule has 122 valence electrons. The number of amides is 1. The molecule has 1 N–H and O–H groups in total.